The lowest BCUT2D eigenvalue weighted by Gasteiger charge is -2.06. The quantitative estimate of drug-likeness (QED) is 0.728. The van der Waals surface area contributed by atoms with Crippen LogP contribution < -0.4 is 15.4 Å². The minimum absolute atomic E-state index is 0.176. The van der Waals surface area contributed by atoms with Crippen LogP contribution in [0.3, 0.4) is 0 Å². The van der Waals surface area contributed by atoms with E-state index in [9.17, 15) is 9.59 Å². The summed E-state index contributed by atoms with van der Waals surface area (Å²) < 4.78 is 10.2. The monoisotopic (exact) mass is 357 g/mol. The van der Waals surface area contributed by atoms with E-state index in [0.717, 1.165) is 11.3 Å². The highest BCUT2D eigenvalue weighted by molar-refractivity contribution is 7.17. The zero-order chi connectivity index (χ0) is 17.8. The zero-order valence-corrected chi connectivity index (χ0v) is 14.3. The molecule has 128 valence electrons. The van der Waals surface area contributed by atoms with Gasteiger partial charge < -0.3 is 14.5 Å². The first kappa shape index (κ1) is 16.7. The summed E-state index contributed by atoms with van der Waals surface area (Å²) in [4.78, 5) is 29.1. The molecule has 3 rings (SSSR count). The summed E-state index contributed by atoms with van der Waals surface area (Å²) in [6.07, 6.45) is 1.41. The molecule has 25 heavy (non-hydrogen) atoms. The molecule has 0 fully saturated rings. The molecule has 0 bridgehead atoms. The van der Waals surface area contributed by atoms with Crippen LogP contribution in [0.2, 0.25) is 0 Å². The Hall–Kier alpha value is -3.13. The van der Waals surface area contributed by atoms with Crippen LogP contribution in [0.5, 0.6) is 5.75 Å². The molecule has 0 aliphatic heterocycles. The number of thiazole rings is 1. The number of rotatable bonds is 5. The van der Waals surface area contributed by atoms with Crippen molar-refractivity contribution in [2.45, 2.75) is 6.92 Å². The summed E-state index contributed by atoms with van der Waals surface area (Å²) in [5, 5.41) is 5.73. The number of amides is 2. The molecule has 0 radical (unpaired) electrons. The van der Waals surface area contributed by atoms with Crippen LogP contribution in [0.1, 0.15) is 25.9 Å². The number of hydrogen-bond donors (Lipinski definition) is 2. The summed E-state index contributed by atoms with van der Waals surface area (Å²) in [5.74, 6) is 0.0979. The first-order chi connectivity index (χ1) is 12.1. The lowest BCUT2D eigenvalue weighted by Crippen LogP contribution is -2.11. The van der Waals surface area contributed by atoms with Gasteiger partial charge in [0.1, 0.15) is 10.6 Å². The van der Waals surface area contributed by atoms with E-state index in [2.05, 4.69) is 15.6 Å². The van der Waals surface area contributed by atoms with E-state index >= 15 is 0 Å². The molecule has 2 amide bonds. The smallest absolute Gasteiger partial charge is 0.293 e. The number of carbonyl (C=O) groups excluding carboxylic acids is 2. The van der Waals surface area contributed by atoms with Gasteiger partial charge in [-0.15, -0.1) is 0 Å². The van der Waals surface area contributed by atoms with Gasteiger partial charge in [0.05, 0.1) is 19.1 Å². The van der Waals surface area contributed by atoms with Crippen molar-refractivity contribution in [3.05, 3.63) is 59.0 Å². The lowest BCUT2D eigenvalue weighted by atomic mass is 10.3. The molecule has 0 saturated carbocycles. The lowest BCUT2D eigenvalue weighted by molar-refractivity contribution is 0.0994. The third kappa shape index (κ3) is 3.86. The first-order valence-corrected chi connectivity index (χ1v) is 8.16. The van der Waals surface area contributed by atoms with Gasteiger partial charge in [0.25, 0.3) is 11.8 Å². The predicted molar refractivity (Wildman–Crippen MR) is 94.5 cm³/mol. The van der Waals surface area contributed by atoms with Crippen LogP contribution in [-0.4, -0.2) is 23.9 Å². The van der Waals surface area contributed by atoms with E-state index in [1.807, 2.05) is 0 Å². The maximum absolute atomic E-state index is 12.4. The van der Waals surface area contributed by atoms with Crippen molar-refractivity contribution in [2.75, 3.05) is 17.7 Å². The fourth-order valence-electron chi connectivity index (χ4n) is 2.12. The van der Waals surface area contributed by atoms with E-state index in [0.29, 0.717) is 27.1 Å². The molecule has 2 aromatic heterocycles. The van der Waals surface area contributed by atoms with Crippen molar-refractivity contribution in [3.8, 4) is 5.75 Å². The molecule has 2 heterocycles. The Morgan fingerprint density at radius 3 is 2.72 bits per heavy atom. The fourth-order valence-corrected chi connectivity index (χ4v) is 2.97. The number of hydrogen-bond acceptors (Lipinski definition) is 6. The van der Waals surface area contributed by atoms with Crippen molar-refractivity contribution in [1.82, 2.24) is 4.98 Å². The van der Waals surface area contributed by atoms with E-state index in [-0.39, 0.29) is 11.7 Å². The molecular formula is C17H15N3O4S. The zero-order valence-electron chi connectivity index (χ0n) is 13.5. The third-order valence-corrected chi connectivity index (χ3v) is 4.37. The number of nitrogens with zero attached hydrogens (tertiary/aromatic N) is 1. The van der Waals surface area contributed by atoms with Gasteiger partial charge in [0.15, 0.2) is 10.9 Å². The van der Waals surface area contributed by atoms with Crippen LogP contribution in [0, 0.1) is 6.92 Å². The van der Waals surface area contributed by atoms with Crippen molar-refractivity contribution in [2.24, 2.45) is 0 Å². The molecular weight excluding hydrogens is 342 g/mol. The molecule has 7 nitrogen and oxygen atoms in total. The van der Waals surface area contributed by atoms with Gasteiger partial charge >= 0.3 is 0 Å². The van der Waals surface area contributed by atoms with Gasteiger partial charge in [0.2, 0.25) is 0 Å². The molecule has 0 aliphatic rings. The largest absolute Gasteiger partial charge is 0.497 e. The number of ether oxygens (including phenoxy) is 1. The summed E-state index contributed by atoms with van der Waals surface area (Å²) in [5.41, 5.74) is 1.14. The Morgan fingerprint density at radius 2 is 2.00 bits per heavy atom. The molecule has 0 spiro atoms. The topological polar surface area (TPSA) is 93.5 Å². The van der Waals surface area contributed by atoms with Crippen molar-refractivity contribution >= 4 is 34.0 Å². The summed E-state index contributed by atoms with van der Waals surface area (Å²) in [7, 11) is 1.56. The number of aryl methyl sites for hydroxylation is 1. The average molecular weight is 357 g/mol. The molecule has 0 atom stereocenters. The van der Waals surface area contributed by atoms with E-state index in [1.165, 1.54) is 6.26 Å². The molecule has 0 saturated heterocycles. The minimum atomic E-state index is -0.418. The number of aromatic nitrogens is 1. The number of methoxy groups -OCH3 is 1. The Bertz CT molecular complexity index is 903. The SMILES string of the molecule is COc1cccc(NC(=O)c2sc(NC(=O)c3ccco3)nc2C)c1. The Labute approximate surface area is 147 Å². The Balaban J connectivity index is 1.73. The Morgan fingerprint density at radius 1 is 1.16 bits per heavy atom. The van der Waals surface area contributed by atoms with Crippen LogP contribution in [-0.2, 0) is 0 Å². The predicted octanol–water partition coefficient (Wildman–Crippen LogP) is 3.56. The van der Waals surface area contributed by atoms with Gasteiger partial charge in [0, 0.05) is 11.8 Å². The highest BCUT2D eigenvalue weighted by atomic mass is 32.1. The van der Waals surface area contributed by atoms with Gasteiger partial charge in [-0.3, -0.25) is 14.9 Å². The van der Waals surface area contributed by atoms with Gasteiger partial charge in [-0.25, -0.2) is 4.98 Å². The molecule has 3 aromatic rings. The first-order valence-electron chi connectivity index (χ1n) is 7.34. The van der Waals surface area contributed by atoms with E-state index < -0.39 is 5.91 Å². The number of carbonyl (C=O) groups is 2. The molecule has 8 heteroatoms. The maximum Gasteiger partial charge on any atom is 0.293 e. The van der Waals surface area contributed by atoms with Gasteiger partial charge in [-0.1, -0.05) is 17.4 Å². The molecule has 1 aromatic carbocycles. The second-order valence-corrected chi connectivity index (χ2v) is 6.05. The molecule has 2 N–H and O–H groups in total. The number of anilines is 2. The third-order valence-electron chi connectivity index (χ3n) is 3.30. The highest BCUT2D eigenvalue weighted by Crippen LogP contribution is 2.25. The van der Waals surface area contributed by atoms with Crippen molar-refractivity contribution in [1.29, 1.82) is 0 Å². The minimum Gasteiger partial charge on any atom is -0.497 e. The van der Waals surface area contributed by atoms with Crippen LogP contribution in [0.25, 0.3) is 0 Å². The van der Waals surface area contributed by atoms with Crippen LogP contribution >= 0.6 is 11.3 Å². The summed E-state index contributed by atoms with van der Waals surface area (Å²) >= 11 is 1.09. The van der Waals surface area contributed by atoms with Gasteiger partial charge in [-0.2, -0.15) is 0 Å². The standard InChI is InChI=1S/C17H15N3O4S/c1-10-14(16(22)19-11-5-3-6-12(9-11)23-2)25-17(18-10)20-15(21)13-7-4-8-24-13/h3-9H,1-2H3,(H,19,22)(H,18,20,21). The summed E-state index contributed by atoms with van der Waals surface area (Å²) in [6, 6.07) is 10.2. The Kier molecular flexibility index (Phi) is 4.80. The van der Waals surface area contributed by atoms with E-state index in [4.69, 9.17) is 9.15 Å². The second kappa shape index (κ2) is 7.18. The second-order valence-electron chi connectivity index (χ2n) is 5.05. The molecule has 0 aliphatic carbocycles. The van der Waals surface area contributed by atoms with Gasteiger partial charge in [-0.05, 0) is 31.2 Å². The highest BCUT2D eigenvalue weighted by Gasteiger charge is 2.18. The maximum atomic E-state index is 12.4. The average Bonchev–Trinajstić information content (AvgIpc) is 3.25. The number of nitrogens with one attached hydrogen (secondary N) is 2. The van der Waals surface area contributed by atoms with Crippen molar-refractivity contribution < 1.29 is 18.7 Å². The molecule has 0 unspecified atom stereocenters. The van der Waals surface area contributed by atoms with Crippen molar-refractivity contribution in [3.63, 3.8) is 0 Å². The normalized spacial score (nSPS) is 10.3. The summed E-state index contributed by atoms with van der Waals surface area (Å²) in [6.45, 7) is 1.71. The van der Waals surface area contributed by atoms with Crippen LogP contribution in [0.4, 0.5) is 10.8 Å². The fraction of sp³-hybridized carbons (Fsp3) is 0.118. The number of benzene rings is 1. The van der Waals surface area contributed by atoms with Crippen LogP contribution in [0.15, 0.2) is 47.1 Å². The van der Waals surface area contributed by atoms with E-state index in [1.54, 1.807) is 50.4 Å². The number of furan rings is 1.